The molecule has 1 heterocycles. The average Bonchev–Trinajstić information content (AvgIpc) is 2.38. The Morgan fingerprint density at radius 3 is 2.50 bits per heavy atom. The van der Waals surface area contributed by atoms with Crippen LogP contribution in [-0.4, -0.2) is 43.7 Å². The van der Waals surface area contributed by atoms with Gasteiger partial charge in [-0.15, -0.1) is 0 Å². The molecule has 5 heteroatoms. The van der Waals surface area contributed by atoms with E-state index in [4.69, 9.17) is 22.1 Å². The predicted molar refractivity (Wildman–Crippen MR) is 70.6 cm³/mol. The molecule has 1 fully saturated rings. The first-order valence-corrected chi connectivity index (χ1v) is 6.39. The van der Waals surface area contributed by atoms with Crippen molar-refractivity contribution in [2.75, 3.05) is 32.8 Å². The zero-order chi connectivity index (χ0) is 13.0. The maximum atomic E-state index is 11.6. The molecule has 1 aliphatic heterocycles. The Kier molecular flexibility index (Phi) is 4.58. The highest BCUT2D eigenvalue weighted by atomic mass is 35.5. The van der Waals surface area contributed by atoms with Crippen molar-refractivity contribution in [3.63, 3.8) is 0 Å². The van der Waals surface area contributed by atoms with Gasteiger partial charge in [0.1, 0.15) is 0 Å². The molecule has 1 atom stereocenters. The number of hydrogen-bond donors (Lipinski definition) is 1. The van der Waals surface area contributed by atoms with Crippen LogP contribution in [0.3, 0.4) is 0 Å². The van der Waals surface area contributed by atoms with Crippen molar-refractivity contribution in [2.45, 2.75) is 5.92 Å². The third-order valence-electron chi connectivity index (χ3n) is 3.16. The van der Waals surface area contributed by atoms with E-state index in [1.54, 1.807) is 12.1 Å². The van der Waals surface area contributed by atoms with Crippen molar-refractivity contribution in [2.24, 2.45) is 5.73 Å². The van der Waals surface area contributed by atoms with E-state index in [2.05, 4.69) is 4.90 Å². The lowest BCUT2D eigenvalue weighted by Gasteiger charge is -2.29. The summed E-state index contributed by atoms with van der Waals surface area (Å²) in [6.45, 7) is 3.76. The Bertz CT molecular complexity index is 402. The van der Waals surface area contributed by atoms with E-state index in [0.717, 1.165) is 18.7 Å². The van der Waals surface area contributed by atoms with E-state index in [0.29, 0.717) is 24.8 Å². The van der Waals surface area contributed by atoms with E-state index >= 15 is 0 Å². The lowest BCUT2D eigenvalue weighted by atomic mass is 9.97. The molecule has 98 valence electrons. The summed E-state index contributed by atoms with van der Waals surface area (Å²) in [5, 5.41) is 0.661. The molecule has 4 nitrogen and oxygen atoms in total. The van der Waals surface area contributed by atoms with Crippen LogP contribution in [0.2, 0.25) is 5.02 Å². The largest absolute Gasteiger partial charge is 0.379 e. The first-order valence-electron chi connectivity index (χ1n) is 6.01. The van der Waals surface area contributed by atoms with Gasteiger partial charge >= 0.3 is 0 Å². The van der Waals surface area contributed by atoms with Crippen molar-refractivity contribution in [3.8, 4) is 0 Å². The van der Waals surface area contributed by atoms with Crippen LogP contribution in [-0.2, 0) is 9.53 Å². The maximum Gasteiger partial charge on any atom is 0.226 e. The van der Waals surface area contributed by atoms with Gasteiger partial charge in [0.15, 0.2) is 0 Å². The number of benzene rings is 1. The van der Waals surface area contributed by atoms with Gasteiger partial charge < -0.3 is 10.5 Å². The molecule has 1 aromatic carbocycles. The topological polar surface area (TPSA) is 55.6 Å². The second-order valence-electron chi connectivity index (χ2n) is 4.42. The van der Waals surface area contributed by atoms with Crippen LogP contribution < -0.4 is 5.73 Å². The maximum absolute atomic E-state index is 11.6. The molecule has 0 radical (unpaired) electrons. The lowest BCUT2D eigenvalue weighted by Crippen LogP contribution is -2.41. The molecule has 0 saturated carbocycles. The van der Waals surface area contributed by atoms with Gasteiger partial charge in [-0.2, -0.15) is 0 Å². The van der Waals surface area contributed by atoms with Crippen LogP contribution in [0.15, 0.2) is 24.3 Å². The molecule has 0 unspecified atom stereocenters. The molecular formula is C13H17ClN2O2. The summed E-state index contributed by atoms with van der Waals surface area (Å²) in [4.78, 5) is 13.8. The minimum atomic E-state index is -0.302. The minimum absolute atomic E-state index is 0.291. The van der Waals surface area contributed by atoms with Gasteiger partial charge in [-0.1, -0.05) is 23.7 Å². The Balaban J connectivity index is 2.07. The number of carbonyl (C=O) groups excluding carboxylic acids is 1. The van der Waals surface area contributed by atoms with Crippen molar-refractivity contribution in [3.05, 3.63) is 34.9 Å². The van der Waals surface area contributed by atoms with Crippen LogP contribution in [0.1, 0.15) is 11.5 Å². The normalized spacial score (nSPS) is 18.5. The zero-order valence-electron chi connectivity index (χ0n) is 10.1. The molecule has 0 aliphatic carbocycles. The second kappa shape index (κ2) is 6.18. The standard InChI is InChI=1S/C13H17ClN2O2/c14-11-3-1-10(2-4-11)12(13(15)17)9-16-5-7-18-8-6-16/h1-4,12H,5-9H2,(H2,15,17)/t12-/m0/s1. The third kappa shape index (κ3) is 3.45. The van der Waals surface area contributed by atoms with Crippen LogP contribution in [0.5, 0.6) is 0 Å². The number of halogens is 1. The fraction of sp³-hybridized carbons (Fsp3) is 0.462. The minimum Gasteiger partial charge on any atom is -0.379 e. The number of carbonyl (C=O) groups is 1. The number of primary amides is 1. The van der Waals surface area contributed by atoms with Crippen LogP contribution in [0, 0.1) is 0 Å². The number of morpholine rings is 1. The molecule has 1 saturated heterocycles. The first kappa shape index (κ1) is 13.3. The number of amides is 1. The van der Waals surface area contributed by atoms with Gasteiger partial charge in [0.05, 0.1) is 19.1 Å². The van der Waals surface area contributed by atoms with Gasteiger partial charge in [-0.3, -0.25) is 9.69 Å². The fourth-order valence-corrected chi connectivity index (χ4v) is 2.22. The Morgan fingerprint density at radius 2 is 1.94 bits per heavy atom. The van der Waals surface area contributed by atoms with Gasteiger partial charge in [0, 0.05) is 24.7 Å². The van der Waals surface area contributed by atoms with Crippen LogP contribution in [0.25, 0.3) is 0 Å². The summed E-state index contributed by atoms with van der Waals surface area (Å²) < 4.78 is 5.29. The Morgan fingerprint density at radius 1 is 1.33 bits per heavy atom. The molecular weight excluding hydrogens is 252 g/mol. The van der Waals surface area contributed by atoms with Crippen molar-refractivity contribution >= 4 is 17.5 Å². The third-order valence-corrected chi connectivity index (χ3v) is 3.41. The molecule has 2 N–H and O–H groups in total. The van der Waals surface area contributed by atoms with Crippen molar-refractivity contribution < 1.29 is 9.53 Å². The smallest absolute Gasteiger partial charge is 0.226 e. The highest BCUT2D eigenvalue weighted by molar-refractivity contribution is 6.30. The van der Waals surface area contributed by atoms with Crippen LogP contribution in [0.4, 0.5) is 0 Å². The Hall–Kier alpha value is -1.10. The van der Waals surface area contributed by atoms with Gasteiger partial charge in [0.2, 0.25) is 5.91 Å². The molecule has 0 bridgehead atoms. The Labute approximate surface area is 112 Å². The SMILES string of the molecule is NC(=O)[C@@H](CN1CCOCC1)c1ccc(Cl)cc1. The molecule has 0 aromatic heterocycles. The van der Waals surface area contributed by atoms with E-state index in [1.165, 1.54) is 0 Å². The molecule has 18 heavy (non-hydrogen) atoms. The summed E-state index contributed by atoms with van der Waals surface area (Å²) in [5.41, 5.74) is 6.41. The molecule has 1 aromatic rings. The van der Waals surface area contributed by atoms with E-state index < -0.39 is 0 Å². The number of rotatable bonds is 4. The predicted octanol–water partition coefficient (Wildman–Crippen LogP) is 1.24. The van der Waals surface area contributed by atoms with Crippen molar-refractivity contribution in [1.82, 2.24) is 4.90 Å². The van der Waals surface area contributed by atoms with Gasteiger partial charge in [-0.25, -0.2) is 0 Å². The zero-order valence-corrected chi connectivity index (χ0v) is 10.9. The summed E-state index contributed by atoms with van der Waals surface area (Å²) in [7, 11) is 0. The fourth-order valence-electron chi connectivity index (χ4n) is 2.10. The summed E-state index contributed by atoms with van der Waals surface area (Å²) in [6.07, 6.45) is 0. The van der Waals surface area contributed by atoms with E-state index in [-0.39, 0.29) is 11.8 Å². The lowest BCUT2D eigenvalue weighted by molar-refractivity contribution is -0.120. The second-order valence-corrected chi connectivity index (χ2v) is 4.86. The van der Waals surface area contributed by atoms with E-state index in [9.17, 15) is 4.79 Å². The molecule has 1 aliphatic rings. The highest BCUT2D eigenvalue weighted by Gasteiger charge is 2.22. The molecule has 2 rings (SSSR count). The number of nitrogens with zero attached hydrogens (tertiary/aromatic N) is 1. The summed E-state index contributed by atoms with van der Waals surface area (Å²) >= 11 is 5.84. The quantitative estimate of drug-likeness (QED) is 0.894. The molecule has 0 spiro atoms. The molecule has 1 amide bonds. The number of hydrogen-bond acceptors (Lipinski definition) is 3. The van der Waals surface area contributed by atoms with Gasteiger partial charge in [0.25, 0.3) is 0 Å². The summed E-state index contributed by atoms with van der Waals surface area (Å²) in [5.74, 6) is -0.593. The highest BCUT2D eigenvalue weighted by Crippen LogP contribution is 2.20. The number of ether oxygens (including phenoxy) is 1. The first-order chi connectivity index (χ1) is 8.66. The van der Waals surface area contributed by atoms with Crippen LogP contribution >= 0.6 is 11.6 Å². The average molecular weight is 269 g/mol. The summed E-state index contributed by atoms with van der Waals surface area (Å²) in [6, 6.07) is 7.29. The monoisotopic (exact) mass is 268 g/mol. The van der Waals surface area contributed by atoms with Crippen molar-refractivity contribution in [1.29, 1.82) is 0 Å². The number of nitrogens with two attached hydrogens (primary N) is 1. The van der Waals surface area contributed by atoms with Gasteiger partial charge in [-0.05, 0) is 17.7 Å². The van der Waals surface area contributed by atoms with E-state index in [1.807, 2.05) is 12.1 Å².